The van der Waals surface area contributed by atoms with Gasteiger partial charge >= 0.3 is 0 Å². The average Bonchev–Trinajstić information content (AvgIpc) is 2.80. The van der Waals surface area contributed by atoms with E-state index in [0.29, 0.717) is 12.0 Å². The molecule has 7 heteroatoms. The molecular formula is C25H30F2N2O3. The summed E-state index contributed by atoms with van der Waals surface area (Å²) >= 11 is 0. The fourth-order valence-corrected chi connectivity index (χ4v) is 4.03. The lowest BCUT2D eigenvalue weighted by molar-refractivity contribution is -0.143. The zero-order valence-electron chi connectivity index (χ0n) is 18.4. The van der Waals surface area contributed by atoms with Crippen LogP contribution in [0.4, 0.5) is 8.78 Å². The van der Waals surface area contributed by atoms with Crippen molar-refractivity contribution in [3.05, 3.63) is 65.7 Å². The van der Waals surface area contributed by atoms with Crippen LogP contribution < -0.4 is 10.1 Å². The SMILES string of the molecule is CC[C@H](C(=O)NC1CCCCC1)N(Cc1ccc(F)cc1)C(=O)COc1ccccc1F. The second-order valence-corrected chi connectivity index (χ2v) is 8.13. The van der Waals surface area contributed by atoms with E-state index in [-0.39, 0.29) is 30.1 Å². The Bertz CT molecular complexity index is 898. The molecule has 0 heterocycles. The van der Waals surface area contributed by atoms with Gasteiger partial charge in [-0.2, -0.15) is 0 Å². The summed E-state index contributed by atoms with van der Waals surface area (Å²) in [6.45, 7) is 1.56. The maximum absolute atomic E-state index is 13.9. The highest BCUT2D eigenvalue weighted by Crippen LogP contribution is 2.20. The first kappa shape index (κ1) is 23.7. The molecule has 0 bridgehead atoms. The van der Waals surface area contributed by atoms with Crippen LogP contribution in [0.5, 0.6) is 5.75 Å². The van der Waals surface area contributed by atoms with Crippen molar-refractivity contribution in [2.24, 2.45) is 0 Å². The molecular weight excluding hydrogens is 414 g/mol. The monoisotopic (exact) mass is 444 g/mol. The van der Waals surface area contributed by atoms with Crippen LogP contribution in [0, 0.1) is 11.6 Å². The fraction of sp³-hybridized carbons (Fsp3) is 0.440. The summed E-state index contributed by atoms with van der Waals surface area (Å²) in [5.41, 5.74) is 0.689. The zero-order chi connectivity index (χ0) is 22.9. The molecule has 2 aromatic rings. The van der Waals surface area contributed by atoms with E-state index >= 15 is 0 Å². The summed E-state index contributed by atoms with van der Waals surface area (Å²) < 4.78 is 32.6. The van der Waals surface area contributed by atoms with Crippen molar-refractivity contribution in [3.63, 3.8) is 0 Å². The number of rotatable bonds is 9. The summed E-state index contributed by atoms with van der Waals surface area (Å²) in [5, 5.41) is 3.09. The number of hydrogen-bond donors (Lipinski definition) is 1. The van der Waals surface area contributed by atoms with Crippen LogP contribution in [0.1, 0.15) is 51.0 Å². The molecule has 0 unspecified atom stereocenters. The fourth-order valence-electron chi connectivity index (χ4n) is 4.03. The van der Waals surface area contributed by atoms with E-state index in [1.807, 2.05) is 6.92 Å². The van der Waals surface area contributed by atoms with Gasteiger partial charge in [-0.3, -0.25) is 9.59 Å². The van der Waals surface area contributed by atoms with Crippen molar-refractivity contribution in [2.45, 2.75) is 64.1 Å². The molecule has 32 heavy (non-hydrogen) atoms. The number of benzene rings is 2. The summed E-state index contributed by atoms with van der Waals surface area (Å²) in [6.07, 6.45) is 5.61. The molecule has 1 aliphatic carbocycles. The first-order valence-electron chi connectivity index (χ1n) is 11.2. The number of halogens is 2. The molecule has 0 radical (unpaired) electrons. The van der Waals surface area contributed by atoms with Crippen molar-refractivity contribution in [1.82, 2.24) is 10.2 Å². The molecule has 1 fully saturated rings. The van der Waals surface area contributed by atoms with E-state index in [0.717, 1.165) is 25.7 Å². The molecule has 0 aromatic heterocycles. The van der Waals surface area contributed by atoms with Gasteiger partial charge in [-0.05, 0) is 49.1 Å². The predicted octanol–water partition coefficient (Wildman–Crippen LogP) is 4.60. The van der Waals surface area contributed by atoms with E-state index in [1.54, 1.807) is 18.2 Å². The normalized spacial score (nSPS) is 15.1. The molecule has 1 aliphatic rings. The lowest BCUT2D eigenvalue weighted by Gasteiger charge is -2.32. The minimum atomic E-state index is -0.710. The molecule has 172 valence electrons. The second kappa shape index (κ2) is 11.6. The largest absolute Gasteiger partial charge is 0.481 e. The van der Waals surface area contributed by atoms with Gasteiger partial charge in [0, 0.05) is 12.6 Å². The molecule has 1 N–H and O–H groups in total. The lowest BCUT2D eigenvalue weighted by atomic mass is 9.95. The molecule has 0 spiro atoms. The molecule has 0 aliphatic heterocycles. The number of amides is 2. The maximum Gasteiger partial charge on any atom is 0.261 e. The van der Waals surface area contributed by atoms with Gasteiger partial charge in [-0.25, -0.2) is 8.78 Å². The Hall–Kier alpha value is -2.96. The van der Waals surface area contributed by atoms with Crippen molar-refractivity contribution in [1.29, 1.82) is 0 Å². The Morgan fingerprint density at radius 3 is 2.41 bits per heavy atom. The number of ether oxygens (including phenoxy) is 1. The standard InChI is InChI=1S/C25H30F2N2O3/c1-2-22(25(31)28-20-8-4-3-5-9-20)29(16-18-12-14-19(26)15-13-18)24(30)17-32-23-11-7-6-10-21(23)27/h6-7,10-15,20,22H,2-5,8-9,16-17H2,1H3,(H,28,31)/t22-/m1/s1. The van der Waals surface area contributed by atoms with Crippen LogP contribution in [-0.2, 0) is 16.1 Å². The summed E-state index contributed by atoms with van der Waals surface area (Å²) in [6, 6.07) is 11.1. The Balaban J connectivity index is 1.75. The van der Waals surface area contributed by atoms with Crippen molar-refractivity contribution in [3.8, 4) is 5.75 Å². The zero-order valence-corrected chi connectivity index (χ0v) is 18.4. The topological polar surface area (TPSA) is 58.6 Å². The van der Waals surface area contributed by atoms with Crippen LogP contribution in [0.15, 0.2) is 48.5 Å². The van der Waals surface area contributed by atoms with E-state index in [9.17, 15) is 18.4 Å². The van der Waals surface area contributed by atoms with Gasteiger partial charge in [0.15, 0.2) is 18.2 Å². The Labute approximate surface area is 187 Å². The minimum absolute atomic E-state index is 0.0257. The smallest absolute Gasteiger partial charge is 0.261 e. The quantitative estimate of drug-likeness (QED) is 0.615. The molecule has 1 atom stereocenters. The van der Waals surface area contributed by atoms with Crippen LogP contribution in [0.3, 0.4) is 0 Å². The van der Waals surface area contributed by atoms with Gasteiger partial charge in [0.1, 0.15) is 11.9 Å². The van der Waals surface area contributed by atoms with Crippen LogP contribution >= 0.6 is 0 Å². The number of carbonyl (C=O) groups excluding carboxylic acids is 2. The number of nitrogens with zero attached hydrogens (tertiary/aromatic N) is 1. The molecule has 0 saturated heterocycles. The first-order chi connectivity index (χ1) is 15.5. The van der Waals surface area contributed by atoms with Gasteiger partial charge in [0.2, 0.25) is 5.91 Å². The van der Waals surface area contributed by atoms with E-state index < -0.39 is 24.4 Å². The Morgan fingerprint density at radius 2 is 1.75 bits per heavy atom. The predicted molar refractivity (Wildman–Crippen MR) is 118 cm³/mol. The third-order valence-corrected chi connectivity index (χ3v) is 5.79. The summed E-state index contributed by atoms with van der Waals surface area (Å²) in [7, 11) is 0. The maximum atomic E-state index is 13.9. The van der Waals surface area contributed by atoms with Gasteiger partial charge in [0.05, 0.1) is 0 Å². The molecule has 1 saturated carbocycles. The third kappa shape index (κ3) is 6.52. The lowest BCUT2D eigenvalue weighted by Crippen LogP contribution is -2.52. The summed E-state index contributed by atoms with van der Waals surface area (Å²) in [5.74, 6) is -1.62. The summed E-state index contributed by atoms with van der Waals surface area (Å²) in [4.78, 5) is 27.7. The van der Waals surface area contributed by atoms with Gasteiger partial charge in [-0.1, -0.05) is 50.5 Å². The number of hydrogen-bond acceptors (Lipinski definition) is 3. The highest BCUT2D eigenvalue weighted by Gasteiger charge is 2.30. The van der Waals surface area contributed by atoms with Crippen molar-refractivity contribution < 1.29 is 23.1 Å². The molecule has 2 amide bonds. The highest BCUT2D eigenvalue weighted by atomic mass is 19.1. The second-order valence-electron chi connectivity index (χ2n) is 8.13. The Morgan fingerprint density at radius 1 is 1.06 bits per heavy atom. The average molecular weight is 445 g/mol. The first-order valence-corrected chi connectivity index (χ1v) is 11.2. The highest BCUT2D eigenvalue weighted by molar-refractivity contribution is 5.88. The number of para-hydroxylation sites is 1. The Kier molecular flexibility index (Phi) is 8.59. The third-order valence-electron chi connectivity index (χ3n) is 5.79. The van der Waals surface area contributed by atoms with Crippen LogP contribution in [0.2, 0.25) is 0 Å². The number of nitrogens with one attached hydrogen (secondary N) is 1. The molecule has 5 nitrogen and oxygen atoms in total. The minimum Gasteiger partial charge on any atom is -0.481 e. The van der Waals surface area contributed by atoms with E-state index in [2.05, 4.69) is 5.32 Å². The van der Waals surface area contributed by atoms with Crippen molar-refractivity contribution >= 4 is 11.8 Å². The molecule has 2 aromatic carbocycles. The molecule has 3 rings (SSSR count). The van der Waals surface area contributed by atoms with E-state index in [1.165, 1.54) is 41.7 Å². The van der Waals surface area contributed by atoms with Gasteiger partial charge in [0.25, 0.3) is 5.91 Å². The van der Waals surface area contributed by atoms with Crippen LogP contribution in [0.25, 0.3) is 0 Å². The van der Waals surface area contributed by atoms with E-state index in [4.69, 9.17) is 4.74 Å². The van der Waals surface area contributed by atoms with Gasteiger partial charge in [-0.15, -0.1) is 0 Å². The van der Waals surface area contributed by atoms with Crippen LogP contribution in [-0.4, -0.2) is 35.4 Å². The number of carbonyl (C=O) groups is 2. The van der Waals surface area contributed by atoms with Gasteiger partial charge < -0.3 is 15.0 Å². The van der Waals surface area contributed by atoms with Crippen molar-refractivity contribution in [2.75, 3.05) is 6.61 Å².